The molecular weight excluding hydrogens is 278 g/mol. The van der Waals surface area contributed by atoms with Crippen LogP contribution in [0.2, 0.25) is 0 Å². The summed E-state index contributed by atoms with van der Waals surface area (Å²) in [5.41, 5.74) is 2.61. The summed E-state index contributed by atoms with van der Waals surface area (Å²) < 4.78 is 5.11. The fourth-order valence-electron chi connectivity index (χ4n) is 2.46. The largest absolute Gasteiger partial charge is 0.481 e. The van der Waals surface area contributed by atoms with Crippen LogP contribution in [0.5, 0.6) is 0 Å². The molecule has 0 aromatic carbocycles. The minimum absolute atomic E-state index is 0.448. The molecule has 0 saturated carbocycles. The molecule has 1 aliphatic rings. The van der Waals surface area contributed by atoms with Gasteiger partial charge in [0.15, 0.2) is 5.13 Å². The Morgan fingerprint density at radius 1 is 1.55 bits per heavy atom. The highest BCUT2D eigenvalue weighted by molar-refractivity contribution is 7.15. The quantitative estimate of drug-likeness (QED) is 0.900. The van der Waals surface area contributed by atoms with Crippen LogP contribution < -0.4 is 5.32 Å². The van der Waals surface area contributed by atoms with Crippen molar-refractivity contribution in [3.63, 3.8) is 0 Å². The lowest BCUT2D eigenvalue weighted by molar-refractivity contribution is -0.138. The molecule has 0 bridgehead atoms. The SMILES string of the molecule is Cc1noc(C)c1CNc1nc2c(s1)CCC2C(=O)O. The Hall–Kier alpha value is -1.89. The van der Waals surface area contributed by atoms with Crippen LogP contribution in [0.15, 0.2) is 4.52 Å². The summed E-state index contributed by atoms with van der Waals surface area (Å²) in [6, 6.07) is 0. The van der Waals surface area contributed by atoms with Crippen molar-refractivity contribution in [2.75, 3.05) is 5.32 Å². The van der Waals surface area contributed by atoms with E-state index in [4.69, 9.17) is 9.63 Å². The van der Waals surface area contributed by atoms with Crippen molar-refractivity contribution >= 4 is 22.4 Å². The van der Waals surface area contributed by atoms with Crippen LogP contribution >= 0.6 is 11.3 Å². The molecule has 0 saturated heterocycles. The van der Waals surface area contributed by atoms with Gasteiger partial charge in [-0.05, 0) is 26.7 Å². The topological polar surface area (TPSA) is 88.3 Å². The van der Waals surface area contributed by atoms with Gasteiger partial charge in [-0.3, -0.25) is 4.79 Å². The summed E-state index contributed by atoms with van der Waals surface area (Å²) in [6.45, 7) is 4.36. The van der Waals surface area contributed by atoms with E-state index in [1.807, 2.05) is 13.8 Å². The minimum atomic E-state index is -0.786. The highest BCUT2D eigenvalue weighted by Gasteiger charge is 2.32. The third kappa shape index (κ3) is 2.18. The average Bonchev–Trinajstić information content (AvgIpc) is 3.02. The second kappa shape index (κ2) is 4.90. The van der Waals surface area contributed by atoms with Crippen LogP contribution in [0.1, 0.15) is 39.9 Å². The lowest BCUT2D eigenvalue weighted by Gasteiger charge is -2.03. The predicted octanol–water partition coefficient (Wildman–Crippen LogP) is 2.47. The Morgan fingerprint density at radius 2 is 2.35 bits per heavy atom. The van der Waals surface area contributed by atoms with Gasteiger partial charge in [0.25, 0.3) is 0 Å². The summed E-state index contributed by atoms with van der Waals surface area (Å²) in [6.07, 6.45) is 1.46. The monoisotopic (exact) mass is 293 g/mol. The van der Waals surface area contributed by atoms with E-state index in [9.17, 15) is 4.79 Å². The van der Waals surface area contributed by atoms with Crippen LogP contribution in [0.25, 0.3) is 0 Å². The number of aromatic nitrogens is 2. The fourth-order valence-corrected chi connectivity index (χ4v) is 3.50. The molecule has 1 atom stereocenters. The molecule has 1 aliphatic carbocycles. The Morgan fingerprint density at radius 3 is 3.00 bits per heavy atom. The summed E-state index contributed by atoms with van der Waals surface area (Å²) in [7, 11) is 0. The number of hydrogen-bond donors (Lipinski definition) is 2. The number of aryl methyl sites for hydroxylation is 3. The number of rotatable bonds is 4. The molecular formula is C13H15N3O3S. The van der Waals surface area contributed by atoms with Gasteiger partial charge in [0, 0.05) is 17.0 Å². The first-order chi connectivity index (χ1) is 9.56. The van der Waals surface area contributed by atoms with E-state index in [1.54, 1.807) is 11.3 Å². The number of hydrogen-bond acceptors (Lipinski definition) is 6. The summed E-state index contributed by atoms with van der Waals surface area (Å²) in [5.74, 6) is -0.440. The number of aliphatic carboxylic acids is 1. The smallest absolute Gasteiger partial charge is 0.312 e. The van der Waals surface area contributed by atoms with Crippen molar-refractivity contribution in [3.8, 4) is 0 Å². The number of nitrogens with one attached hydrogen (secondary N) is 1. The zero-order valence-corrected chi connectivity index (χ0v) is 12.1. The van der Waals surface area contributed by atoms with E-state index in [1.165, 1.54) is 0 Å². The first-order valence-electron chi connectivity index (χ1n) is 6.44. The molecule has 0 radical (unpaired) electrons. The number of nitrogens with zero attached hydrogens (tertiary/aromatic N) is 2. The van der Waals surface area contributed by atoms with Crippen molar-refractivity contribution < 1.29 is 14.4 Å². The second-order valence-electron chi connectivity index (χ2n) is 4.91. The van der Waals surface area contributed by atoms with Crippen molar-refractivity contribution in [1.82, 2.24) is 10.1 Å². The van der Waals surface area contributed by atoms with Crippen molar-refractivity contribution in [2.45, 2.75) is 39.2 Å². The molecule has 3 rings (SSSR count). The Balaban J connectivity index is 1.74. The van der Waals surface area contributed by atoms with Crippen LogP contribution in [0, 0.1) is 13.8 Å². The molecule has 0 aliphatic heterocycles. The molecule has 6 nitrogen and oxygen atoms in total. The van der Waals surface area contributed by atoms with Gasteiger partial charge in [0.1, 0.15) is 11.7 Å². The Kier molecular flexibility index (Phi) is 3.21. The van der Waals surface area contributed by atoms with Crippen LogP contribution in [-0.4, -0.2) is 21.2 Å². The lowest BCUT2D eigenvalue weighted by atomic mass is 10.1. The molecule has 2 aromatic rings. The number of carboxylic acid groups (broad SMARTS) is 1. The number of fused-ring (bicyclic) bond motifs is 1. The highest BCUT2D eigenvalue weighted by atomic mass is 32.1. The van der Waals surface area contributed by atoms with Gasteiger partial charge in [-0.15, -0.1) is 11.3 Å². The van der Waals surface area contributed by atoms with Crippen LogP contribution in [0.4, 0.5) is 5.13 Å². The average molecular weight is 293 g/mol. The molecule has 20 heavy (non-hydrogen) atoms. The molecule has 0 spiro atoms. The molecule has 0 amide bonds. The summed E-state index contributed by atoms with van der Waals surface area (Å²) in [4.78, 5) is 16.6. The Bertz CT molecular complexity index is 642. The number of carboxylic acids is 1. The van der Waals surface area contributed by atoms with E-state index in [2.05, 4.69) is 15.5 Å². The maximum atomic E-state index is 11.1. The Labute approximate surface area is 119 Å². The van der Waals surface area contributed by atoms with Gasteiger partial charge >= 0.3 is 5.97 Å². The van der Waals surface area contributed by atoms with E-state index in [0.717, 1.165) is 39.1 Å². The van der Waals surface area contributed by atoms with Gasteiger partial charge in [-0.25, -0.2) is 4.98 Å². The zero-order chi connectivity index (χ0) is 14.3. The molecule has 0 fully saturated rings. The third-order valence-electron chi connectivity index (χ3n) is 3.61. The van der Waals surface area contributed by atoms with E-state index >= 15 is 0 Å². The highest BCUT2D eigenvalue weighted by Crippen LogP contribution is 2.38. The van der Waals surface area contributed by atoms with Gasteiger partial charge in [0.2, 0.25) is 0 Å². The molecule has 106 valence electrons. The zero-order valence-electron chi connectivity index (χ0n) is 11.3. The second-order valence-corrected chi connectivity index (χ2v) is 6.00. The van der Waals surface area contributed by atoms with Crippen LogP contribution in [0.3, 0.4) is 0 Å². The van der Waals surface area contributed by atoms with Crippen molar-refractivity contribution in [3.05, 3.63) is 27.6 Å². The van der Waals surface area contributed by atoms with Crippen molar-refractivity contribution in [1.29, 1.82) is 0 Å². The lowest BCUT2D eigenvalue weighted by Crippen LogP contribution is -2.09. The molecule has 1 unspecified atom stereocenters. The standard InChI is InChI=1S/C13H15N3O3S/c1-6-9(7(2)19-16-6)5-14-13-15-11-8(12(17)18)3-4-10(11)20-13/h8H,3-5H2,1-2H3,(H,14,15)(H,17,18). The van der Waals surface area contributed by atoms with Crippen molar-refractivity contribution in [2.24, 2.45) is 0 Å². The molecule has 2 N–H and O–H groups in total. The van der Waals surface area contributed by atoms with Gasteiger partial charge in [-0.1, -0.05) is 5.16 Å². The summed E-state index contributed by atoms with van der Waals surface area (Å²) in [5, 5.41) is 17.0. The van der Waals surface area contributed by atoms with Gasteiger partial charge < -0.3 is 14.9 Å². The molecule has 2 aromatic heterocycles. The van der Waals surface area contributed by atoms with E-state index < -0.39 is 11.9 Å². The minimum Gasteiger partial charge on any atom is -0.481 e. The maximum absolute atomic E-state index is 11.1. The van der Waals surface area contributed by atoms with Crippen LogP contribution in [-0.2, 0) is 17.8 Å². The first-order valence-corrected chi connectivity index (χ1v) is 7.26. The number of carbonyl (C=O) groups is 1. The maximum Gasteiger partial charge on any atom is 0.312 e. The molecule has 2 heterocycles. The fraction of sp³-hybridized carbons (Fsp3) is 0.462. The predicted molar refractivity (Wildman–Crippen MR) is 74.1 cm³/mol. The van der Waals surface area contributed by atoms with E-state index in [-0.39, 0.29) is 0 Å². The summed E-state index contributed by atoms with van der Waals surface area (Å²) >= 11 is 1.54. The first kappa shape index (κ1) is 13.1. The normalized spacial score (nSPS) is 17.2. The number of anilines is 1. The number of thiazole rings is 1. The van der Waals surface area contributed by atoms with E-state index in [0.29, 0.717) is 13.0 Å². The molecule has 7 heteroatoms. The van der Waals surface area contributed by atoms with Gasteiger partial charge in [-0.2, -0.15) is 0 Å². The third-order valence-corrected chi connectivity index (χ3v) is 4.70. The van der Waals surface area contributed by atoms with Gasteiger partial charge in [0.05, 0.1) is 11.4 Å².